The standard InChI is InChI=1S/C16H26N4O/c1-18(2)14-8-10-20(11-9-14)12-16(21)19(3)15-6-4-13(17)5-7-15/h4-7,14H,8-12,17H2,1-3H3. The van der Waals surface area contributed by atoms with Gasteiger partial charge in [-0.3, -0.25) is 9.69 Å². The van der Waals surface area contributed by atoms with Gasteiger partial charge in [0, 0.05) is 37.6 Å². The van der Waals surface area contributed by atoms with Crippen LogP contribution in [-0.2, 0) is 4.79 Å². The Morgan fingerprint density at radius 1 is 1.19 bits per heavy atom. The molecule has 1 aromatic carbocycles. The number of piperidine rings is 1. The summed E-state index contributed by atoms with van der Waals surface area (Å²) in [5, 5.41) is 0. The minimum absolute atomic E-state index is 0.128. The summed E-state index contributed by atoms with van der Waals surface area (Å²) >= 11 is 0. The molecule has 0 radical (unpaired) electrons. The number of nitrogens with zero attached hydrogens (tertiary/aromatic N) is 3. The van der Waals surface area contributed by atoms with E-state index >= 15 is 0 Å². The van der Waals surface area contributed by atoms with Crippen molar-refractivity contribution in [2.24, 2.45) is 0 Å². The minimum Gasteiger partial charge on any atom is -0.399 e. The van der Waals surface area contributed by atoms with E-state index in [4.69, 9.17) is 5.73 Å². The van der Waals surface area contributed by atoms with Crippen LogP contribution >= 0.6 is 0 Å². The second-order valence-corrected chi connectivity index (χ2v) is 6.02. The molecule has 1 heterocycles. The molecule has 1 fully saturated rings. The smallest absolute Gasteiger partial charge is 0.240 e. The van der Waals surface area contributed by atoms with Crippen molar-refractivity contribution < 1.29 is 4.79 Å². The maximum absolute atomic E-state index is 12.4. The fourth-order valence-electron chi connectivity index (χ4n) is 2.73. The van der Waals surface area contributed by atoms with Crippen LogP contribution in [0.2, 0.25) is 0 Å². The fourth-order valence-corrected chi connectivity index (χ4v) is 2.73. The average Bonchev–Trinajstić information content (AvgIpc) is 2.47. The minimum atomic E-state index is 0.128. The zero-order valence-electron chi connectivity index (χ0n) is 13.2. The SMILES string of the molecule is CN(C(=O)CN1CCC(N(C)C)CC1)c1ccc(N)cc1. The highest BCUT2D eigenvalue weighted by atomic mass is 16.2. The van der Waals surface area contributed by atoms with Crippen molar-refractivity contribution in [3.8, 4) is 0 Å². The number of hydrogen-bond donors (Lipinski definition) is 1. The van der Waals surface area contributed by atoms with Gasteiger partial charge in [-0.2, -0.15) is 0 Å². The van der Waals surface area contributed by atoms with Gasteiger partial charge in [0.25, 0.3) is 0 Å². The van der Waals surface area contributed by atoms with E-state index in [1.807, 2.05) is 31.3 Å². The van der Waals surface area contributed by atoms with E-state index in [0.717, 1.165) is 31.6 Å². The first-order chi connectivity index (χ1) is 9.97. The molecule has 0 bridgehead atoms. The largest absolute Gasteiger partial charge is 0.399 e. The lowest BCUT2D eigenvalue weighted by Gasteiger charge is -2.35. The predicted octanol–water partition coefficient (Wildman–Crippen LogP) is 1.26. The summed E-state index contributed by atoms with van der Waals surface area (Å²) in [5.74, 6) is 0.128. The lowest BCUT2D eigenvalue weighted by Crippen LogP contribution is -2.46. The Morgan fingerprint density at radius 3 is 2.29 bits per heavy atom. The first kappa shape index (κ1) is 15.8. The zero-order chi connectivity index (χ0) is 15.4. The number of carbonyl (C=O) groups is 1. The molecule has 0 saturated carbocycles. The molecular weight excluding hydrogens is 264 g/mol. The molecule has 2 N–H and O–H groups in total. The van der Waals surface area contributed by atoms with Crippen molar-refractivity contribution in [2.75, 3.05) is 51.4 Å². The number of likely N-dealkylation sites (tertiary alicyclic amines) is 1. The van der Waals surface area contributed by atoms with Crippen molar-refractivity contribution in [3.05, 3.63) is 24.3 Å². The third kappa shape index (κ3) is 4.19. The molecule has 1 aliphatic heterocycles. The molecule has 5 heteroatoms. The van der Waals surface area contributed by atoms with Crippen LogP contribution in [0.1, 0.15) is 12.8 Å². The number of likely N-dealkylation sites (N-methyl/N-ethyl adjacent to an activating group) is 1. The molecule has 1 aromatic rings. The average molecular weight is 290 g/mol. The van der Waals surface area contributed by atoms with Crippen molar-refractivity contribution in [1.82, 2.24) is 9.80 Å². The molecule has 5 nitrogen and oxygen atoms in total. The monoisotopic (exact) mass is 290 g/mol. The Morgan fingerprint density at radius 2 is 1.76 bits per heavy atom. The van der Waals surface area contributed by atoms with E-state index in [1.165, 1.54) is 0 Å². The zero-order valence-corrected chi connectivity index (χ0v) is 13.2. The van der Waals surface area contributed by atoms with Gasteiger partial charge in [0.15, 0.2) is 0 Å². The molecule has 0 aromatic heterocycles. The second-order valence-electron chi connectivity index (χ2n) is 6.02. The fraction of sp³-hybridized carbons (Fsp3) is 0.562. The highest BCUT2D eigenvalue weighted by Gasteiger charge is 2.23. The van der Waals surface area contributed by atoms with Crippen LogP contribution in [0.25, 0.3) is 0 Å². The van der Waals surface area contributed by atoms with Gasteiger partial charge in [0.2, 0.25) is 5.91 Å². The topological polar surface area (TPSA) is 52.8 Å². The van der Waals surface area contributed by atoms with E-state index in [9.17, 15) is 4.79 Å². The third-order valence-electron chi connectivity index (χ3n) is 4.30. The number of anilines is 2. The molecule has 21 heavy (non-hydrogen) atoms. The Hall–Kier alpha value is -1.59. The number of nitrogen functional groups attached to an aromatic ring is 1. The van der Waals surface area contributed by atoms with Gasteiger partial charge < -0.3 is 15.5 Å². The lowest BCUT2D eigenvalue weighted by molar-refractivity contribution is -0.119. The third-order valence-corrected chi connectivity index (χ3v) is 4.30. The maximum atomic E-state index is 12.4. The van der Waals surface area contributed by atoms with E-state index in [2.05, 4.69) is 23.9 Å². The number of nitrogens with two attached hydrogens (primary N) is 1. The molecule has 0 aliphatic carbocycles. The molecule has 1 aliphatic rings. The number of hydrogen-bond acceptors (Lipinski definition) is 4. The van der Waals surface area contributed by atoms with Crippen LogP contribution in [-0.4, -0.2) is 62.5 Å². The van der Waals surface area contributed by atoms with E-state index in [-0.39, 0.29) is 5.91 Å². The van der Waals surface area contributed by atoms with Crippen molar-refractivity contribution in [1.29, 1.82) is 0 Å². The van der Waals surface area contributed by atoms with Crippen molar-refractivity contribution in [2.45, 2.75) is 18.9 Å². The molecule has 2 rings (SSSR count). The molecule has 0 atom stereocenters. The van der Waals surface area contributed by atoms with Crippen molar-refractivity contribution >= 4 is 17.3 Å². The first-order valence-electron chi connectivity index (χ1n) is 7.48. The summed E-state index contributed by atoms with van der Waals surface area (Å²) in [6.07, 6.45) is 2.26. The summed E-state index contributed by atoms with van der Waals surface area (Å²) < 4.78 is 0. The van der Waals surface area contributed by atoms with E-state index in [1.54, 1.807) is 4.90 Å². The quantitative estimate of drug-likeness (QED) is 0.848. The van der Waals surface area contributed by atoms with E-state index in [0.29, 0.717) is 18.3 Å². The van der Waals surface area contributed by atoms with Crippen LogP contribution in [0.3, 0.4) is 0 Å². The van der Waals surface area contributed by atoms with Gasteiger partial charge in [-0.15, -0.1) is 0 Å². The van der Waals surface area contributed by atoms with Gasteiger partial charge >= 0.3 is 0 Å². The molecule has 116 valence electrons. The molecule has 1 amide bonds. The highest BCUT2D eigenvalue weighted by Crippen LogP contribution is 2.17. The van der Waals surface area contributed by atoms with Crippen LogP contribution in [0.5, 0.6) is 0 Å². The summed E-state index contributed by atoms with van der Waals surface area (Å²) in [7, 11) is 6.07. The Labute approximate surface area is 127 Å². The first-order valence-corrected chi connectivity index (χ1v) is 7.48. The van der Waals surface area contributed by atoms with Crippen LogP contribution in [0.4, 0.5) is 11.4 Å². The number of carbonyl (C=O) groups excluding carboxylic acids is 1. The van der Waals surface area contributed by atoms with Crippen LogP contribution in [0, 0.1) is 0 Å². The Bertz CT molecular complexity index is 464. The number of rotatable bonds is 4. The van der Waals surface area contributed by atoms with Crippen LogP contribution in [0.15, 0.2) is 24.3 Å². The van der Waals surface area contributed by atoms with Gasteiger partial charge in [-0.1, -0.05) is 0 Å². The summed E-state index contributed by atoms with van der Waals surface area (Å²) in [6, 6.07) is 8.05. The van der Waals surface area contributed by atoms with Gasteiger partial charge in [-0.25, -0.2) is 0 Å². The summed E-state index contributed by atoms with van der Waals surface area (Å²) in [5.41, 5.74) is 7.27. The van der Waals surface area contributed by atoms with E-state index < -0.39 is 0 Å². The molecule has 0 spiro atoms. The summed E-state index contributed by atoms with van der Waals surface area (Å²) in [4.78, 5) is 18.6. The molecule has 1 saturated heterocycles. The van der Waals surface area contributed by atoms with Gasteiger partial charge in [0.05, 0.1) is 6.54 Å². The Balaban J connectivity index is 1.86. The Kier molecular flexibility index (Phi) is 5.20. The molecule has 0 unspecified atom stereocenters. The molecular formula is C16H26N4O. The van der Waals surface area contributed by atoms with Crippen LogP contribution < -0.4 is 10.6 Å². The second kappa shape index (κ2) is 6.91. The number of amides is 1. The normalized spacial score (nSPS) is 17.1. The summed E-state index contributed by atoms with van der Waals surface area (Å²) in [6.45, 7) is 2.47. The number of benzene rings is 1. The van der Waals surface area contributed by atoms with Crippen molar-refractivity contribution in [3.63, 3.8) is 0 Å². The lowest BCUT2D eigenvalue weighted by atomic mass is 10.0. The van der Waals surface area contributed by atoms with Gasteiger partial charge in [-0.05, 0) is 51.2 Å². The highest BCUT2D eigenvalue weighted by molar-refractivity contribution is 5.94. The van der Waals surface area contributed by atoms with Gasteiger partial charge in [0.1, 0.15) is 0 Å². The predicted molar refractivity (Wildman–Crippen MR) is 87.4 cm³/mol. The maximum Gasteiger partial charge on any atom is 0.240 e.